The fourth-order valence-corrected chi connectivity index (χ4v) is 2.73. The number of nitrogens with one attached hydrogen (secondary N) is 1. The number of likely N-dealkylation sites (tertiary alicyclic amines) is 1. The minimum atomic E-state index is -4.00. The van der Waals surface area contributed by atoms with E-state index in [1.165, 1.54) is 0 Å². The maximum atomic E-state index is 12.1. The van der Waals surface area contributed by atoms with E-state index >= 15 is 0 Å². The van der Waals surface area contributed by atoms with E-state index in [4.69, 9.17) is 0 Å². The van der Waals surface area contributed by atoms with Gasteiger partial charge in [-0.15, -0.1) is 0 Å². The molecule has 1 saturated heterocycles. The molecule has 0 aromatic heterocycles. The van der Waals surface area contributed by atoms with E-state index in [1.807, 2.05) is 0 Å². The van der Waals surface area contributed by atoms with Gasteiger partial charge >= 0.3 is 6.18 Å². The third-order valence-corrected chi connectivity index (χ3v) is 4.04. The highest BCUT2D eigenvalue weighted by molar-refractivity contribution is 4.77. The second-order valence-electron chi connectivity index (χ2n) is 5.64. The van der Waals surface area contributed by atoms with Gasteiger partial charge in [0.25, 0.3) is 0 Å². The van der Waals surface area contributed by atoms with Gasteiger partial charge in [0.1, 0.15) is 0 Å². The Morgan fingerprint density at radius 1 is 1.26 bits per heavy atom. The van der Waals surface area contributed by atoms with Crippen LogP contribution in [0.5, 0.6) is 0 Å². The molecule has 1 aliphatic heterocycles. The van der Waals surface area contributed by atoms with Crippen LogP contribution in [0.4, 0.5) is 13.2 Å². The SMILES string of the molecule is CCNCC1CCN(C(C)CCCC(F)(F)F)CC1. The lowest BCUT2D eigenvalue weighted by atomic mass is 9.95. The van der Waals surface area contributed by atoms with Crippen LogP contribution < -0.4 is 5.32 Å². The van der Waals surface area contributed by atoms with Crippen molar-refractivity contribution in [3.05, 3.63) is 0 Å². The maximum Gasteiger partial charge on any atom is 0.389 e. The number of hydrogen-bond donors (Lipinski definition) is 1. The molecular weight excluding hydrogens is 253 g/mol. The molecule has 1 N–H and O–H groups in total. The van der Waals surface area contributed by atoms with Gasteiger partial charge in [-0.05, 0) is 64.7 Å². The van der Waals surface area contributed by atoms with E-state index in [-0.39, 0.29) is 12.5 Å². The molecule has 0 aromatic rings. The first kappa shape index (κ1) is 16.8. The molecule has 0 radical (unpaired) electrons. The molecule has 1 aliphatic rings. The van der Waals surface area contributed by atoms with Crippen LogP contribution in [0.25, 0.3) is 0 Å². The highest BCUT2D eigenvalue weighted by atomic mass is 19.4. The summed E-state index contributed by atoms with van der Waals surface area (Å²) in [6.07, 6.45) is -1.42. The molecule has 0 amide bonds. The van der Waals surface area contributed by atoms with E-state index < -0.39 is 12.6 Å². The number of nitrogens with zero attached hydrogens (tertiary/aromatic N) is 1. The van der Waals surface area contributed by atoms with Gasteiger partial charge in [0.05, 0.1) is 0 Å². The summed E-state index contributed by atoms with van der Waals surface area (Å²) in [4.78, 5) is 2.35. The zero-order valence-electron chi connectivity index (χ0n) is 12.1. The van der Waals surface area contributed by atoms with Crippen molar-refractivity contribution >= 4 is 0 Å². The molecule has 114 valence electrons. The van der Waals surface area contributed by atoms with Gasteiger partial charge in [0, 0.05) is 12.5 Å². The lowest BCUT2D eigenvalue weighted by molar-refractivity contribution is -0.136. The van der Waals surface area contributed by atoms with Crippen molar-refractivity contribution in [2.75, 3.05) is 26.2 Å². The standard InChI is InChI=1S/C14H27F3N2/c1-3-18-11-13-6-9-19(10-7-13)12(2)5-4-8-14(15,16)17/h12-13,18H,3-11H2,1-2H3. The largest absolute Gasteiger partial charge is 0.389 e. The molecule has 2 nitrogen and oxygen atoms in total. The first-order chi connectivity index (χ1) is 8.92. The van der Waals surface area contributed by atoms with E-state index in [9.17, 15) is 13.2 Å². The third kappa shape index (κ3) is 7.16. The molecule has 0 aromatic carbocycles. The zero-order valence-corrected chi connectivity index (χ0v) is 12.1. The molecule has 1 rings (SSSR count). The van der Waals surface area contributed by atoms with E-state index in [2.05, 4.69) is 24.1 Å². The van der Waals surface area contributed by atoms with Crippen LogP contribution in [-0.2, 0) is 0 Å². The molecule has 1 fully saturated rings. The predicted octanol–water partition coefficient (Wildman–Crippen LogP) is 3.43. The van der Waals surface area contributed by atoms with Crippen LogP contribution in [0.3, 0.4) is 0 Å². The molecule has 1 heterocycles. The fraction of sp³-hybridized carbons (Fsp3) is 1.00. The van der Waals surface area contributed by atoms with Gasteiger partial charge in [-0.1, -0.05) is 6.92 Å². The third-order valence-electron chi connectivity index (χ3n) is 4.04. The number of piperidine rings is 1. The summed E-state index contributed by atoms with van der Waals surface area (Å²) in [5.41, 5.74) is 0. The summed E-state index contributed by atoms with van der Waals surface area (Å²) in [6, 6.07) is 0.280. The van der Waals surface area contributed by atoms with Gasteiger partial charge in [-0.3, -0.25) is 0 Å². The Kier molecular flexibility index (Phi) is 7.15. The maximum absolute atomic E-state index is 12.1. The van der Waals surface area contributed by atoms with Crippen molar-refractivity contribution in [2.24, 2.45) is 5.92 Å². The quantitative estimate of drug-likeness (QED) is 0.768. The first-order valence-corrected chi connectivity index (χ1v) is 7.44. The lowest BCUT2D eigenvalue weighted by Gasteiger charge is -2.36. The summed E-state index contributed by atoms with van der Waals surface area (Å²) in [5, 5.41) is 3.37. The Morgan fingerprint density at radius 3 is 2.42 bits per heavy atom. The van der Waals surface area contributed by atoms with Crippen LogP contribution >= 0.6 is 0 Å². The zero-order chi connectivity index (χ0) is 14.3. The summed E-state index contributed by atoms with van der Waals surface area (Å²) in [5.74, 6) is 0.735. The van der Waals surface area contributed by atoms with Crippen molar-refractivity contribution in [3.63, 3.8) is 0 Å². The van der Waals surface area contributed by atoms with E-state index in [1.54, 1.807) is 0 Å². The Balaban J connectivity index is 2.16. The van der Waals surface area contributed by atoms with Crippen molar-refractivity contribution in [3.8, 4) is 0 Å². The van der Waals surface area contributed by atoms with Gasteiger partial charge in [0.15, 0.2) is 0 Å². The number of hydrogen-bond acceptors (Lipinski definition) is 2. The van der Waals surface area contributed by atoms with Crippen molar-refractivity contribution in [1.29, 1.82) is 0 Å². The summed E-state index contributed by atoms with van der Waals surface area (Å²) >= 11 is 0. The summed E-state index contributed by atoms with van der Waals surface area (Å²) in [7, 11) is 0. The fourth-order valence-electron chi connectivity index (χ4n) is 2.73. The van der Waals surface area contributed by atoms with Crippen LogP contribution in [-0.4, -0.2) is 43.3 Å². The van der Waals surface area contributed by atoms with Crippen LogP contribution in [0.1, 0.15) is 46.0 Å². The Bertz CT molecular complexity index is 235. The average molecular weight is 280 g/mol. The van der Waals surface area contributed by atoms with Crippen LogP contribution in [0.2, 0.25) is 0 Å². The summed E-state index contributed by atoms with van der Waals surface area (Å²) in [6.45, 7) is 8.31. The minimum Gasteiger partial charge on any atom is -0.317 e. The lowest BCUT2D eigenvalue weighted by Crippen LogP contribution is -2.42. The molecule has 1 unspecified atom stereocenters. The van der Waals surface area contributed by atoms with Gasteiger partial charge in [0.2, 0.25) is 0 Å². The molecule has 1 atom stereocenters. The van der Waals surface area contributed by atoms with Crippen molar-refractivity contribution < 1.29 is 13.2 Å². The molecule has 0 aliphatic carbocycles. The predicted molar refractivity (Wildman–Crippen MR) is 72.2 cm³/mol. The molecular formula is C14H27F3N2. The Labute approximate surface area is 114 Å². The van der Waals surface area contributed by atoms with E-state index in [0.717, 1.165) is 44.9 Å². The second kappa shape index (κ2) is 8.10. The van der Waals surface area contributed by atoms with E-state index in [0.29, 0.717) is 6.42 Å². The Hall–Kier alpha value is -0.290. The smallest absolute Gasteiger partial charge is 0.317 e. The molecule has 5 heteroatoms. The summed E-state index contributed by atoms with van der Waals surface area (Å²) < 4.78 is 36.3. The topological polar surface area (TPSA) is 15.3 Å². The normalized spacial score (nSPS) is 20.7. The monoisotopic (exact) mass is 280 g/mol. The molecule has 0 spiro atoms. The van der Waals surface area contributed by atoms with Crippen LogP contribution in [0, 0.1) is 5.92 Å². The van der Waals surface area contributed by atoms with Crippen molar-refractivity contribution in [1.82, 2.24) is 10.2 Å². The Morgan fingerprint density at radius 2 is 1.89 bits per heavy atom. The number of rotatable bonds is 7. The average Bonchev–Trinajstić information content (AvgIpc) is 2.35. The minimum absolute atomic E-state index is 0.252. The van der Waals surface area contributed by atoms with Crippen LogP contribution in [0.15, 0.2) is 0 Å². The first-order valence-electron chi connectivity index (χ1n) is 7.44. The number of halogens is 3. The molecule has 0 bridgehead atoms. The number of alkyl halides is 3. The van der Waals surface area contributed by atoms with Gasteiger partial charge in [-0.25, -0.2) is 0 Å². The van der Waals surface area contributed by atoms with Gasteiger partial charge < -0.3 is 10.2 Å². The van der Waals surface area contributed by atoms with Gasteiger partial charge in [-0.2, -0.15) is 13.2 Å². The highest BCUT2D eigenvalue weighted by Crippen LogP contribution is 2.25. The van der Waals surface area contributed by atoms with Crippen molar-refractivity contribution in [2.45, 2.75) is 58.2 Å². The molecule has 19 heavy (non-hydrogen) atoms. The molecule has 0 saturated carbocycles. The second-order valence-corrected chi connectivity index (χ2v) is 5.64. The highest BCUT2D eigenvalue weighted by Gasteiger charge is 2.27.